The van der Waals surface area contributed by atoms with Crippen molar-refractivity contribution < 1.29 is 9.53 Å². The lowest BCUT2D eigenvalue weighted by atomic mass is 10.1. The Morgan fingerprint density at radius 1 is 1.13 bits per heavy atom. The number of nitrogens with zero attached hydrogens (tertiary/aromatic N) is 3. The second-order valence-electron chi connectivity index (χ2n) is 7.13. The maximum atomic E-state index is 12.9. The maximum Gasteiger partial charge on any atom is 0.255 e. The van der Waals surface area contributed by atoms with Crippen LogP contribution in [-0.4, -0.2) is 60.2 Å². The zero-order valence-electron chi connectivity index (χ0n) is 17.2. The van der Waals surface area contributed by atoms with Gasteiger partial charge in [0.05, 0.1) is 24.9 Å². The summed E-state index contributed by atoms with van der Waals surface area (Å²) in [4.78, 5) is 23.1. The van der Waals surface area contributed by atoms with Crippen molar-refractivity contribution >= 4 is 29.0 Å². The molecule has 156 valence electrons. The second kappa shape index (κ2) is 9.64. The minimum absolute atomic E-state index is 0.133. The van der Waals surface area contributed by atoms with Gasteiger partial charge in [-0.15, -0.1) is 23.1 Å². The Balaban J connectivity index is 1.35. The molecule has 0 saturated carbocycles. The molecule has 7 heteroatoms. The summed E-state index contributed by atoms with van der Waals surface area (Å²) in [5.74, 6) is 0.972. The molecule has 0 N–H and O–H groups in total. The highest BCUT2D eigenvalue weighted by Crippen LogP contribution is 2.26. The summed E-state index contributed by atoms with van der Waals surface area (Å²) in [6.07, 6.45) is 2.01. The lowest BCUT2D eigenvalue weighted by molar-refractivity contribution is 0.0625. The van der Waals surface area contributed by atoms with Gasteiger partial charge in [0.1, 0.15) is 10.8 Å². The van der Waals surface area contributed by atoms with Crippen LogP contribution in [-0.2, 0) is 6.54 Å². The molecule has 1 fully saturated rings. The first-order valence-corrected chi connectivity index (χ1v) is 12.0. The third-order valence-corrected chi connectivity index (χ3v) is 6.90. The molecule has 1 aromatic heterocycles. The second-order valence-corrected chi connectivity index (χ2v) is 8.92. The molecule has 0 spiro atoms. The standard InChI is InChI=1S/C23H25N3O2S2/c1-28-18-7-5-6-17(14-18)20-16-30-22(24-20)15-25-10-12-26(13-11-25)23(27)19-8-3-4-9-21(19)29-2/h3-9,14,16H,10-13,15H2,1-2H3. The summed E-state index contributed by atoms with van der Waals surface area (Å²) in [5, 5.41) is 3.20. The summed E-state index contributed by atoms with van der Waals surface area (Å²) < 4.78 is 5.31. The number of aromatic nitrogens is 1. The van der Waals surface area contributed by atoms with E-state index in [0.29, 0.717) is 0 Å². The Labute approximate surface area is 185 Å². The molecule has 30 heavy (non-hydrogen) atoms. The zero-order chi connectivity index (χ0) is 20.9. The summed E-state index contributed by atoms with van der Waals surface area (Å²) in [5.41, 5.74) is 2.86. The van der Waals surface area contributed by atoms with Crippen molar-refractivity contribution in [3.8, 4) is 17.0 Å². The minimum atomic E-state index is 0.133. The van der Waals surface area contributed by atoms with Gasteiger partial charge in [-0.25, -0.2) is 4.98 Å². The molecule has 0 aliphatic carbocycles. The van der Waals surface area contributed by atoms with Gasteiger partial charge in [-0.2, -0.15) is 0 Å². The van der Waals surface area contributed by atoms with Crippen molar-refractivity contribution in [2.75, 3.05) is 39.5 Å². The van der Waals surface area contributed by atoms with Gasteiger partial charge in [0.2, 0.25) is 0 Å². The molecule has 0 atom stereocenters. The Bertz CT molecular complexity index is 1010. The van der Waals surface area contributed by atoms with E-state index in [2.05, 4.69) is 16.3 Å². The van der Waals surface area contributed by atoms with E-state index >= 15 is 0 Å². The van der Waals surface area contributed by atoms with Gasteiger partial charge in [-0.05, 0) is 30.5 Å². The number of methoxy groups -OCH3 is 1. The monoisotopic (exact) mass is 439 g/mol. The Morgan fingerprint density at radius 2 is 1.93 bits per heavy atom. The van der Waals surface area contributed by atoms with Crippen LogP contribution in [0.4, 0.5) is 0 Å². The summed E-state index contributed by atoms with van der Waals surface area (Å²) >= 11 is 3.30. The number of piperazine rings is 1. The van der Waals surface area contributed by atoms with Crippen LogP contribution < -0.4 is 4.74 Å². The number of amides is 1. The molecule has 4 rings (SSSR count). The van der Waals surface area contributed by atoms with Crippen molar-refractivity contribution in [1.82, 2.24) is 14.8 Å². The van der Waals surface area contributed by atoms with Crippen LogP contribution in [0.2, 0.25) is 0 Å². The van der Waals surface area contributed by atoms with Crippen molar-refractivity contribution in [2.24, 2.45) is 0 Å². The fraction of sp³-hybridized carbons (Fsp3) is 0.304. The molecule has 2 heterocycles. The van der Waals surface area contributed by atoms with Gasteiger partial charge in [0, 0.05) is 42.0 Å². The van der Waals surface area contributed by atoms with E-state index in [0.717, 1.165) is 65.2 Å². The Kier molecular flexibility index (Phi) is 6.72. The number of hydrogen-bond acceptors (Lipinski definition) is 6. The fourth-order valence-corrected chi connectivity index (χ4v) is 5.03. The van der Waals surface area contributed by atoms with E-state index < -0.39 is 0 Å². The van der Waals surface area contributed by atoms with Crippen LogP contribution in [0.5, 0.6) is 5.75 Å². The minimum Gasteiger partial charge on any atom is -0.497 e. The van der Waals surface area contributed by atoms with E-state index in [9.17, 15) is 4.79 Å². The van der Waals surface area contributed by atoms with Crippen molar-refractivity contribution in [3.63, 3.8) is 0 Å². The van der Waals surface area contributed by atoms with Crippen LogP contribution >= 0.6 is 23.1 Å². The largest absolute Gasteiger partial charge is 0.497 e. The average molecular weight is 440 g/mol. The highest BCUT2D eigenvalue weighted by Gasteiger charge is 2.24. The Morgan fingerprint density at radius 3 is 2.70 bits per heavy atom. The molecule has 1 saturated heterocycles. The topological polar surface area (TPSA) is 45.7 Å². The van der Waals surface area contributed by atoms with E-state index in [-0.39, 0.29) is 5.91 Å². The van der Waals surface area contributed by atoms with Crippen LogP contribution in [0.25, 0.3) is 11.3 Å². The third kappa shape index (κ3) is 4.69. The molecule has 2 aromatic carbocycles. The summed E-state index contributed by atoms with van der Waals surface area (Å²) in [7, 11) is 1.68. The fourth-order valence-electron chi connectivity index (χ4n) is 3.59. The molecular weight excluding hydrogens is 414 g/mol. The van der Waals surface area contributed by atoms with Gasteiger partial charge in [0.25, 0.3) is 5.91 Å². The number of thiazole rings is 1. The van der Waals surface area contributed by atoms with E-state index in [1.165, 1.54) is 0 Å². The van der Waals surface area contributed by atoms with Crippen molar-refractivity contribution in [1.29, 1.82) is 0 Å². The number of thioether (sulfide) groups is 1. The van der Waals surface area contributed by atoms with Gasteiger partial charge in [-0.1, -0.05) is 24.3 Å². The summed E-state index contributed by atoms with van der Waals surface area (Å²) in [6, 6.07) is 15.8. The number of rotatable bonds is 6. The molecule has 1 aliphatic rings. The number of carbonyl (C=O) groups is 1. The maximum absolute atomic E-state index is 12.9. The van der Waals surface area contributed by atoms with Gasteiger partial charge in [-0.3, -0.25) is 9.69 Å². The van der Waals surface area contributed by atoms with Crippen LogP contribution in [0.3, 0.4) is 0 Å². The molecule has 3 aromatic rings. The lowest BCUT2D eigenvalue weighted by Gasteiger charge is -2.34. The van der Waals surface area contributed by atoms with Gasteiger partial charge < -0.3 is 9.64 Å². The van der Waals surface area contributed by atoms with E-state index in [4.69, 9.17) is 9.72 Å². The van der Waals surface area contributed by atoms with E-state index in [1.807, 2.05) is 53.6 Å². The molecular formula is C23H25N3O2S2. The van der Waals surface area contributed by atoms with Crippen LogP contribution in [0, 0.1) is 0 Å². The number of ether oxygens (including phenoxy) is 1. The number of carbonyl (C=O) groups excluding carboxylic acids is 1. The van der Waals surface area contributed by atoms with Crippen molar-refractivity contribution in [2.45, 2.75) is 11.4 Å². The van der Waals surface area contributed by atoms with Crippen molar-refractivity contribution in [3.05, 3.63) is 64.5 Å². The molecule has 0 unspecified atom stereocenters. The van der Waals surface area contributed by atoms with E-state index in [1.54, 1.807) is 30.2 Å². The smallest absolute Gasteiger partial charge is 0.255 e. The quantitative estimate of drug-likeness (QED) is 0.529. The molecule has 1 amide bonds. The zero-order valence-corrected chi connectivity index (χ0v) is 18.8. The van der Waals surface area contributed by atoms with Crippen LogP contribution in [0.15, 0.2) is 58.8 Å². The average Bonchev–Trinajstić information content (AvgIpc) is 3.27. The first-order valence-electron chi connectivity index (χ1n) is 9.91. The third-order valence-electron chi connectivity index (χ3n) is 5.27. The normalized spacial score (nSPS) is 14.7. The molecule has 5 nitrogen and oxygen atoms in total. The molecule has 0 radical (unpaired) electrons. The lowest BCUT2D eigenvalue weighted by Crippen LogP contribution is -2.48. The van der Waals surface area contributed by atoms with Crippen LogP contribution in [0.1, 0.15) is 15.4 Å². The summed E-state index contributed by atoms with van der Waals surface area (Å²) in [6.45, 7) is 4.03. The first kappa shape index (κ1) is 20.9. The predicted octanol–water partition coefficient (Wildman–Crippen LogP) is 4.50. The van der Waals surface area contributed by atoms with Gasteiger partial charge in [0.15, 0.2) is 0 Å². The molecule has 0 bridgehead atoms. The molecule has 1 aliphatic heterocycles. The van der Waals surface area contributed by atoms with Gasteiger partial charge >= 0.3 is 0 Å². The SMILES string of the molecule is COc1cccc(-c2csc(CN3CCN(C(=O)c4ccccc4SC)CC3)n2)c1. The predicted molar refractivity (Wildman–Crippen MR) is 124 cm³/mol. The number of benzene rings is 2. The highest BCUT2D eigenvalue weighted by molar-refractivity contribution is 7.98. The number of hydrogen-bond donors (Lipinski definition) is 0. The first-order chi connectivity index (χ1) is 14.7. The Hall–Kier alpha value is -2.35. The highest BCUT2D eigenvalue weighted by atomic mass is 32.2.